The van der Waals surface area contributed by atoms with Gasteiger partial charge in [0.2, 0.25) is 5.91 Å². The molecule has 168 valence electrons. The molecular formula is C19H39Cl3N4O2. The largest absolute Gasteiger partial charge is 0.374 e. The van der Waals surface area contributed by atoms with Crippen LogP contribution < -0.4 is 5.73 Å². The summed E-state index contributed by atoms with van der Waals surface area (Å²) in [5, 5.41) is 0. The Morgan fingerprint density at radius 2 is 1.75 bits per heavy atom. The predicted molar refractivity (Wildman–Crippen MR) is 121 cm³/mol. The van der Waals surface area contributed by atoms with E-state index in [1.165, 1.54) is 6.42 Å². The van der Waals surface area contributed by atoms with Crippen molar-refractivity contribution in [3.8, 4) is 0 Å². The number of hydrogen-bond acceptors (Lipinski definition) is 5. The van der Waals surface area contributed by atoms with Crippen LogP contribution in [0.2, 0.25) is 0 Å². The van der Waals surface area contributed by atoms with Gasteiger partial charge in [-0.05, 0) is 32.6 Å². The van der Waals surface area contributed by atoms with Gasteiger partial charge < -0.3 is 15.4 Å². The Hall–Kier alpha value is 0.180. The highest BCUT2D eigenvalue weighted by Gasteiger charge is 2.30. The van der Waals surface area contributed by atoms with Gasteiger partial charge in [-0.2, -0.15) is 0 Å². The molecule has 1 aliphatic carbocycles. The number of morpholine rings is 1. The molecule has 3 rings (SSSR count). The molecule has 9 heteroatoms. The summed E-state index contributed by atoms with van der Waals surface area (Å²) in [7, 11) is 0. The molecule has 1 amide bonds. The van der Waals surface area contributed by atoms with Gasteiger partial charge in [-0.25, -0.2) is 0 Å². The van der Waals surface area contributed by atoms with E-state index in [0.29, 0.717) is 30.4 Å². The van der Waals surface area contributed by atoms with Gasteiger partial charge in [0.15, 0.2) is 0 Å². The summed E-state index contributed by atoms with van der Waals surface area (Å²) in [4.78, 5) is 19.5. The average molecular weight is 462 g/mol. The van der Waals surface area contributed by atoms with Crippen molar-refractivity contribution in [3.05, 3.63) is 0 Å². The minimum Gasteiger partial charge on any atom is -0.374 e. The maximum Gasteiger partial charge on any atom is 0.222 e. The van der Waals surface area contributed by atoms with Crippen LogP contribution in [0.15, 0.2) is 0 Å². The smallest absolute Gasteiger partial charge is 0.222 e. The minimum absolute atomic E-state index is 0. The molecule has 0 aromatic rings. The Balaban J connectivity index is 0.00000243. The van der Waals surface area contributed by atoms with Crippen LogP contribution in [0.3, 0.4) is 0 Å². The molecule has 2 aliphatic heterocycles. The van der Waals surface area contributed by atoms with E-state index in [4.69, 9.17) is 10.5 Å². The first kappa shape index (κ1) is 28.2. The molecular weight excluding hydrogens is 423 g/mol. The molecule has 0 aromatic heterocycles. The van der Waals surface area contributed by atoms with Crippen LogP contribution in [0, 0.1) is 5.92 Å². The van der Waals surface area contributed by atoms with Crippen LogP contribution in [0.5, 0.6) is 0 Å². The average Bonchev–Trinajstić information content (AvgIpc) is 3.00. The number of rotatable bonds is 5. The number of carbonyl (C=O) groups is 1. The lowest BCUT2D eigenvalue weighted by atomic mass is 9.99. The van der Waals surface area contributed by atoms with Crippen LogP contribution in [-0.4, -0.2) is 91.2 Å². The van der Waals surface area contributed by atoms with Crippen LogP contribution in [0.4, 0.5) is 0 Å². The molecule has 2 saturated heterocycles. The van der Waals surface area contributed by atoms with E-state index in [-0.39, 0.29) is 43.3 Å². The van der Waals surface area contributed by atoms with E-state index in [2.05, 4.69) is 23.6 Å². The zero-order chi connectivity index (χ0) is 17.8. The second-order valence-corrected chi connectivity index (χ2v) is 8.32. The van der Waals surface area contributed by atoms with Gasteiger partial charge in [0, 0.05) is 64.3 Å². The monoisotopic (exact) mass is 460 g/mol. The Morgan fingerprint density at radius 3 is 2.32 bits per heavy atom. The Kier molecular flexibility index (Phi) is 13.6. The van der Waals surface area contributed by atoms with Crippen molar-refractivity contribution in [3.63, 3.8) is 0 Å². The summed E-state index contributed by atoms with van der Waals surface area (Å²) in [5.74, 6) is 0.713. The lowest BCUT2D eigenvalue weighted by Gasteiger charge is -2.40. The molecule has 1 saturated carbocycles. The van der Waals surface area contributed by atoms with Gasteiger partial charge in [-0.3, -0.25) is 14.6 Å². The van der Waals surface area contributed by atoms with Crippen LogP contribution in [0.1, 0.15) is 39.5 Å². The van der Waals surface area contributed by atoms with Crippen molar-refractivity contribution in [2.75, 3.05) is 52.4 Å². The summed E-state index contributed by atoms with van der Waals surface area (Å²) in [6.07, 6.45) is 4.34. The third-order valence-electron chi connectivity index (χ3n) is 6.24. The van der Waals surface area contributed by atoms with Gasteiger partial charge >= 0.3 is 0 Å². The molecule has 3 atom stereocenters. The number of ether oxygens (including phenoxy) is 1. The van der Waals surface area contributed by atoms with E-state index < -0.39 is 0 Å². The van der Waals surface area contributed by atoms with Crippen LogP contribution in [-0.2, 0) is 9.53 Å². The number of hydrogen-bond donors (Lipinski definition) is 1. The molecule has 3 aliphatic rings. The number of halogens is 3. The highest BCUT2D eigenvalue weighted by atomic mass is 35.5. The molecule has 0 radical (unpaired) electrons. The molecule has 2 N–H and O–H groups in total. The fraction of sp³-hybridized carbons (Fsp3) is 0.947. The van der Waals surface area contributed by atoms with Gasteiger partial charge in [0.05, 0.1) is 12.7 Å². The van der Waals surface area contributed by atoms with E-state index in [9.17, 15) is 4.79 Å². The zero-order valence-electron chi connectivity index (χ0n) is 17.3. The molecule has 6 nitrogen and oxygen atoms in total. The molecule has 2 heterocycles. The van der Waals surface area contributed by atoms with Crippen molar-refractivity contribution >= 4 is 43.1 Å². The first-order valence-corrected chi connectivity index (χ1v) is 10.1. The number of nitrogens with zero attached hydrogens (tertiary/aromatic N) is 3. The summed E-state index contributed by atoms with van der Waals surface area (Å²) in [6, 6.07) is 0.820. The van der Waals surface area contributed by atoms with Gasteiger partial charge in [-0.1, -0.05) is 6.42 Å². The van der Waals surface area contributed by atoms with Gasteiger partial charge in [0.1, 0.15) is 0 Å². The summed E-state index contributed by atoms with van der Waals surface area (Å²) in [5.41, 5.74) is 6.12. The lowest BCUT2D eigenvalue weighted by molar-refractivity contribution is -0.134. The number of nitrogens with two attached hydrogens (primary N) is 1. The number of amides is 1. The molecule has 3 fully saturated rings. The predicted octanol–water partition coefficient (Wildman–Crippen LogP) is 2.02. The summed E-state index contributed by atoms with van der Waals surface area (Å²) < 4.78 is 5.96. The SMILES string of the molecule is CC(C)N1CCOC(CN2CCN(C(=O)C[C@@H]3CCC[C@H]3N)CC2)C1.Cl.Cl.Cl. The maximum atomic E-state index is 12.5. The molecule has 0 spiro atoms. The Morgan fingerprint density at radius 1 is 1.07 bits per heavy atom. The fourth-order valence-corrected chi connectivity index (χ4v) is 4.46. The van der Waals surface area contributed by atoms with Crippen LogP contribution >= 0.6 is 37.2 Å². The van der Waals surface area contributed by atoms with Crippen molar-refractivity contribution in [1.82, 2.24) is 14.7 Å². The van der Waals surface area contributed by atoms with E-state index in [0.717, 1.165) is 65.3 Å². The first-order chi connectivity index (χ1) is 12.0. The molecule has 1 unspecified atom stereocenters. The normalized spacial score (nSPS) is 29.0. The number of piperazine rings is 1. The third kappa shape index (κ3) is 7.78. The Labute approximate surface area is 189 Å². The third-order valence-corrected chi connectivity index (χ3v) is 6.24. The Bertz CT molecular complexity index is 451. The minimum atomic E-state index is 0. The van der Waals surface area contributed by atoms with E-state index in [1.54, 1.807) is 0 Å². The van der Waals surface area contributed by atoms with Crippen molar-refractivity contribution in [1.29, 1.82) is 0 Å². The summed E-state index contributed by atoms with van der Waals surface area (Å²) in [6.45, 7) is 12.0. The first-order valence-electron chi connectivity index (χ1n) is 10.1. The lowest BCUT2D eigenvalue weighted by Crippen LogP contribution is -2.54. The number of carbonyl (C=O) groups excluding carboxylic acids is 1. The van der Waals surface area contributed by atoms with Crippen LogP contribution in [0.25, 0.3) is 0 Å². The maximum absolute atomic E-state index is 12.5. The van der Waals surface area contributed by atoms with E-state index in [1.807, 2.05) is 4.90 Å². The highest BCUT2D eigenvalue weighted by molar-refractivity contribution is 5.86. The van der Waals surface area contributed by atoms with Gasteiger partial charge in [0.25, 0.3) is 0 Å². The van der Waals surface area contributed by atoms with Gasteiger partial charge in [-0.15, -0.1) is 37.2 Å². The highest BCUT2D eigenvalue weighted by Crippen LogP contribution is 2.27. The molecule has 28 heavy (non-hydrogen) atoms. The second-order valence-electron chi connectivity index (χ2n) is 8.32. The van der Waals surface area contributed by atoms with E-state index >= 15 is 0 Å². The van der Waals surface area contributed by atoms with Crippen molar-refractivity contribution < 1.29 is 9.53 Å². The van der Waals surface area contributed by atoms with Crippen molar-refractivity contribution in [2.45, 2.75) is 57.7 Å². The molecule has 0 bridgehead atoms. The second kappa shape index (κ2) is 13.5. The standard InChI is InChI=1S/C19H36N4O2.3ClH/c1-15(2)23-10-11-25-17(14-23)13-21-6-8-22(9-7-21)19(24)12-16-4-3-5-18(16)20;;;/h15-18H,3-14,20H2,1-2H3;3*1H/t16-,17?,18+;;;/m0.../s1. The fourth-order valence-electron chi connectivity index (χ4n) is 4.46. The molecule has 0 aromatic carbocycles. The zero-order valence-corrected chi connectivity index (χ0v) is 19.7. The topological polar surface area (TPSA) is 62.0 Å². The van der Waals surface area contributed by atoms with Crippen molar-refractivity contribution in [2.24, 2.45) is 11.7 Å². The quantitative estimate of drug-likeness (QED) is 0.679. The summed E-state index contributed by atoms with van der Waals surface area (Å²) >= 11 is 0.